The molecule has 76 valence electrons. The van der Waals surface area contributed by atoms with Crippen molar-refractivity contribution >= 4 is 18.1 Å². The maximum absolute atomic E-state index is 3.21. The van der Waals surface area contributed by atoms with Crippen molar-refractivity contribution in [3.63, 3.8) is 0 Å². The highest BCUT2D eigenvalue weighted by Crippen LogP contribution is 2.14. The second-order valence-corrected chi connectivity index (χ2v) is 3.24. The zero-order chi connectivity index (χ0) is 8.93. The van der Waals surface area contributed by atoms with E-state index in [1.165, 1.54) is 25.0 Å². The highest BCUT2D eigenvalue weighted by molar-refractivity contribution is 5.85. The van der Waals surface area contributed by atoms with Gasteiger partial charge in [0.1, 0.15) is 0 Å². The number of rotatable bonds is 3. The first-order valence-electron chi connectivity index (χ1n) is 4.71. The molecule has 1 aromatic carbocycles. The van der Waals surface area contributed by atoms with E-state index in [1.54, 1.807) is 0 Å². The lowest BCUT2D eigenvalue weighted by Gasteiger charge is -2.09. The number of hydrogen-bond acceptors (Lipinski definition) is 2. The summed E-state index contributed by atoms with van der Waals surface area (Å²) >= 11 is 0. The fourth-order valence-electron chi connectivity index (χ4n) is 1.46. The molecule has 1 aliphatic rings. The molecule has 2 rings (SSSR count). The van der Waals surface area contributed by atoms with Crippen LogP contribution in [-0.2, 0) is 0 Å². The first kappa shape index (κ1) is 10.9. The van der Waals surface area contributed by atoms with E-state index in [2.05, 4.69) is 16.9 Å². The molecule has 14 heavy (non-hydrogen) atoms. The van der Waals surface area contributed by atoms with Crippen molar-refractivity contribution in [2.24, 2.45) is 0 Å². The molecule has 0 spiro atoms. The average molecular weight is 211 g/mol. The van der Waals surface area contributed by atoms with Gasteiger partial charge < -0.3 is 10.9 Å². The Bertz CT molecular complexity index is 295. The van der Waals surface area contributed by atoms with Gasteiger partial charge in [0.25, 0.3) is 0 Å². The molecule has 0 saturated carbocycles. The molecule has 0 amide bonds. The van der Waals surface area contributed by atoms with Crippen molar-refractivity contribution in [3.05, 3.63) is 42.1 Å². The van der Waals surface area contributed by atoms with Gasteiger partial charge in [-0.15, -0.1) is 12.4 Å². The van der Waals surface area contributed by atoms with Crippen molar-refractivity contribution in [2.45, 2.75) is 19.3 Å². The zero-order valence-corrected chi connectivity index (χ0v) is 8.81. The quantitative estimate of drug-likeness (QED) is 0.750. The Morgan fingerprint density at radius 1 is 1.00 bits per heavy atom. The first-order chi connectivity index (χ1) is 6.45. The summed E-state index contributed by atoms with van der Waals surface area (Å²) < 4.78 is 0. The third kappa shape index (κ3) is 2.96. The highest BCUT2D eigenvalue weighted by Gasteiger charge is 2.02. The van der Waals surface area contributed by atoms with E-state index in [0.717, 1.165) is 5.69 Å². The number of anilines is 1. The molecule has 1 aliphatic carbocycles. The normalized spacial score (nSPS) is 14.1. The summed E-state index contributed by atoms with van der Waals surface area (Å²) in [5.41, 5.74) is 8.79. The van der Waals surface area contributed by atoms with Gasteiger partial charge >= 0.3 is 0 Å². The Labute approximate surface area is 90.8 Å². The first-order valence-corrected chi connectivity index (χ1v) is 4.71. The summed E-state index contributed by atoms with van der Waals surface area (Å²) in [4.78, 5) is 0. The molecule has 0 fully saturated rings. The monoisotopic (exact) mass is 210 g/mol. The number of hydrogen-bond donors (Lipinski definition) is 2. The Kier molecular flexibility index (Phi) is 4.33. The smallest absolute Gasteiger partial charge is 0.0539 e. The van der Waals surface area contributed by atoms with Crippen molar-refractivity contribution in [1.29, 1.82) is 0 Å². The van der Waals surface area contributed by atoms with Crippen molar-refractivity contribution in [1.82, 2.24) is 5.43 Å². The third-order valence-corrected chi connectivity index (χ3v) is 2.18. The van der Waals surface area contributed by atoms with E-state index in [9.17, 15) is 0 Å². The molecule has 0 unspecified atom stereocenters. The lowest BCUT2D eigenvalue weighted by molar-refractivity contribution is 0.839. The maximum atomic E-state index is 3.21. The van der Waals surface area contributed by atoms with Crippen LogP contribution in [-0.4, -0.2) is 0 Å². The van der Waals surface area contributed by atoms with Gasteiger partial charge in [0.15, 0.2) is 0 Å². The molecule has 0 bridgehead atoms. The summed E-state index contributed by atoms with van der Waals surface area (Å²) in [6.07, 6.45) is 5.90. The van der Waals surface area contributed by atoms with Gasteiger partial charge in [-0.05, 0) is 31.4 Å². The molecule has 0 atom stereocenters. The summed E-state index contributed by atoms with van der Waals surface area (Å²) in [7, 11) is 0. The molecule has 0 radical (unpaired) electrons. The lowest BCUT2D eigenvalue weighted by Crippen LogP contribution is -2.19. The van der Waals surface area contributed by atoms with Gasteiger partial charge in [0.2, 0.25) is 0 Å². The Morgan fingerprint density at radius 3 is 2.43 bits per heavy atom. The van der Waals surface area contributed by atoms with Crippen LogP contribution in [0.5, 0.6) is 0 Å². The Balaban J connectivity index is 0.000000980. The van der Waals surface area contributed by atoms with Crippen LogP contribution in [0.2, 0.25) is 0 Å². The predicted octanol–water partition coefficient (Wildman–Crippen LogP) is 3.09. The molecule has 0 aliphatic heterocycles. The minimum absolute atomic E-state index is 0. The predicted molar refractivity (Wildman–Crippen MR) is 62.4 cm³/mol. The fraction of sp³-hybridized carbons (Fsp3) is 0.273. The van der Waals surface area contributed by atoms with Gasteiger partial charge in [-0.3, -0.25) is 0 Å². The van der Waals surface area contributed by atoms with Crippen molar-refractivity contribution in [3.8, 4) is 0 Å². The standard InChI is InChI=1S/C11H14N2.ClH/c1-2-6-10(7-3-1)12-13-11-8-4-5-9-11;/h1-3,6-8,12-13H,4-5,9H2;1H. The van der Waals surface area contributed by atoms with E-state index in [4.69, 9.17) is 0 Å². The molecule has 0 aromatic heterocycles. The van der Waals surface area contributed by atoms with Gasteiger partial charge in [0.05, 0.1) is 5.69 Å². The van der Waals surface area contributed by atoms with Crippen LogP contribution in [0.15, 0.2) is 42.1 Å². The van der Waals surface area contributed by atoms with Gasteiger partial charge in [0, 0.05) is 5.70 Å². The maximum Gasteiger partial charge on any atom is 0.0539 e. The van der Waals surface area contributed by atoms with Crippen LogP contribution in [0.3, 0.4) is 0 Å². The Hall–Kier alpha value is -1.15. The van der Waals surface area contributed by atoms with E-state index in [0.29, 0.717) is 0 Å². The Morgan fingerprint density at radius 2 is 1.79 bits per heavy atom. The number of halogens is 1. The molecular formula is C11H15ClN2. The second kappa shape index (κ2) is 5.55. The fourth-order valence-corrected chi connectivity index (χ4v) is 1.46. The number of hydrazine groups is 1. The highest BCUT2D eigenvalue weighted by atomic mass is 35.5. The minimum Gasteiger partial charge on any atom is -0.305 e. The molecule has 3 heteroatoms. The van der Waals surface area contributed by atoms with E-state index < -0.39 is 0 Å². The van der Waals surface area contributed by atoms with Crippen LogP contribution in [0.1, 0.15) is 19.3 Å². The van der Waals surface area contributed by atoms with Crippen molar-refractivity contribution in [2.75, 3.05) is 5.43 Å². The van der Waals surface area contributed by atoms with E-state index in [1.807, 2.05) is 30.3 Å². The van der Waals surface area contributed by atoms with E-state index >= 15 is 0 Å². The molecule has 0 saturated heterocycles. The molecular weight excluding hydrogens is 196 g/mol. The summed E-state index contributed by atoms with van der Waals surface area (Å²) in [6.45, 7) is 0. The summed E-state index contributed by atoms with van der Waals surface area (Å²) in [6, 6.07) is 10.1. The third-order valence-electron chi connectivity index (χ3n) is 2.18. The zero-order valence-electron chi connectivity index (χ0n) is 7.99. The van der Waals surface area contributed by atoms with Crippen LogP contribution in [0.4, 0.5) is 5.69 Å². The van der Waals surface area contributed by atoms with E-state index in [-0.39, 0.29) is 12.4 Å². The second-order valence-electron chi connectivity index (χ2n) is 3.24. The molecule has 0 heterocycles. The van der Waals surface area contributed by atoms with Crippen LogP contribution in [0, 0.1) is 0 Å². The van der Waals surface area contributed by atoms with Gasteiger partial charge in [-0.25, -0.2) is 0 Å². The van der Waals surface area contributed by atoms with Crippen LogP contribution < -0.4 is 10.9 Å². The van der Waals surface area contributed by atoms with Crippen molar-refractivity contribution < 1.29 is 0 Å². The molecule has 2 nitrogen and oxygen atoms in total. The van der Waals surface area contributed by atoms with Gasteiger partial charge in [-0.1, -0.05) is 24.3 Å². The number of nitrogens with one attached hydrogen (secondary N) is 2. The van der Waals surface area contributed by atoms with Gasteiger partial charge in [-0.2, -0.15) is 0 Å². The lowest BCUT2D eigenvalue weighted by atomic mass is 10.3. The molecule has 1 aromatic rings. The SMILES string of the molecule is C1=C(NNc2ccccc2)CCC1.Cl. The summed E-state index contributed by atoms with van der Waals surface area (Å²) in [5, 5.41) is 0. The number of allylic oxidation sites excluding steroid dienone is 2. The number of benzene rings is 1. The van der Waals surface area contributed by atoms with Crippen LogP contribution in [0.25, 0.3) is 0 Å². The topological polar surface area (TPSA) is 24.1 Å². The van der Waals surface area contributed by atoms with Crippen LogP contribution >= 0.6 is 12.4 Å². The summed E-state index contributed by atoms with van der Waals surface area (Å²) in [5.74, 6) is 0. The number of para-hydroxylation sites is 1. The molecule has 2 N–H and O–H groups in total. The largest absolute Gasteiger partial charge is 0.305 e. The minimum atomic E-state index is 0. The average Bonchev–Trinajstić information content (AvgIpc) is 2.69.